The van der Waals surface area contributed by atoms with Crippen LogP contribution in [0.4, 0.5) is 19.0 Å². The molecular formula is C13H18F3N3O. The number of hydrogen-bond acceptors (Lipinski definition) is 4. The van der Waals surface area contributed by atoms with Gasteiger partial charge < -0.3 is 10.0 Å². The summed E-state index contributed by atoms with van der Waals surface area (Å²) in [6.07, 6.45) is -2.56. The van der Waals surface area contributed by atoms with E-state index in [2.05, 4.69) is 9.88 Å². The van der Waals surface area contributed by atoms with E-state index in [1.54, 1.807) is 0 Å². The van der Waals surface area contributed by atoms with Crippen molar-refractivity contribution in [2.45, 2.75) is 12.6 Å². The minimum Gasteiger partial charge on any atom is -0.395 e. The Labute approximate surface area is 115 Å². The minimum atomic E-state index is -4.34. The summed E-state index contributed by atoms with van der Waals surface area (Å²) in [6.45, 7) is 3.90. The van der Waals surface area contributed by atoms with Crippen molar-refractivity contribution in [3.63, 3.8) is 0 Å². The molecular weight excluding hydrogens is 271 g/mol. The van der Waals surface area contributed by atoms with Crippen molar-refractivity contribution in [3.8, 4) is 0 Å². The summed E-state index contributed by atoms with van der Waals surface area (Å²) in [4.78, 5) is 8.05. The standard InChI is InChI=1S/C13H18F3N3O/c14-13(15,16)11-2-3-12(17-10-11)19-5-1-4-18(6-7-19)8-9-20/h2-3,10,20H,1,4-9H2. The third kappa shape index (κ3) is 3.83. The molecule has 0 aromatic carbocycles. The lowest BCUT2D eigenvalue weighted by Crippen LogP contribution is -2.32. The van der Waals surface area contributed by atoms with Gasteiger partial charge in [-0.05, 0) is 25.1 Å². The Morgan fingerprint density at radius 1 is 1.15 bits per heavy atom. The third-order valence-electron chi connectivity index (χ3n) is 3.40. The molecule has 112 valence electrons. The summed E-state index contributed by atoms with van der Waals surface area (Å²) in [5.41, 5.74) is -0.724. The molecule has 2 rings (SSSR count). The Morgan fingerprint density at radius 3 is 2.55 bits per heavy atom. The molecule has 0 aliphatic carbocycles. The van der Waals surface area contributed by atoms with Crippen LogP contribution in [0.3, 0.4) is 0 Å². The van der Waals surface area contributed by atoms with E-state index in [9.17, 15) is 13.2 Å². The predicted molar refractivity (Wildman–Crippen MR) is 69.6 cm³/mol. The van der Waals surface area contributed by atoms with Crippen LogP contribution in [-0.2, 0) is 6.18 Å². The average molecular weight is 289 g/mol. The maximum atomic E-state index is 12.5. The smallest absolute Gasteiger partial charge is 0.395 e. The van der Waals surface area contributed by atoms with Gasteiger partial charge in [0.25, 0.3) is 0 Å². The molecule has 0 spiro atoms. The van der Waals surface area contributed by atoms with Gasteiger partial charge in [-0.2, -0.15) is 13.2 Å². The highest BCUT2D eigenvalue weighted by Crippen LogP contribution is 2.29. The van der Waals surface area contributed by atoms with E-state index in [4.69, 9.17) is 5.11 Å². The first-order valence-corrected chi connectivity index (χ1v) is 6.62. The van der Waals surface area contributed by atoms with E-state index in [-0.39, 0.29) is 6.61 Å². The molecule has 1 aromatic rings. The van der Waals surface area contributed by atoms with Gasteiger partial charge in [-0.1, -0.05) is 0 Å². The van der Waals surface area contributed by atoms with Crippen LogP contribution in [0, 0.1) is 0 Å². The molecule has 0 radical (unpaired) electrons. The number of hydrogen-bond donors (Lipinski definition) is 1. The molecule has 1 saturated heterocycles. The molecule has 0 atom stereocenters. The lowest BCUT2D eigenvalue weighted by molar-refractivity contribution is -0.137. The van der Waals surface area contributed by atoms with Crippen LogP contribution in [-0.4, -0.2) is 54.3 Å². The fourth-order valence-corrected chi connectivity index (χ4v) is 2.31. The lowest BCUT2D eigenvalue weighted by atomic mass is 10.2. The van der Waals surface area contributed by atoms with Gasteiger partial charge in [0.05, 0.1) is 12.2 Å². The van der Waals surface area contributed by atoms with Crippen molar-refractivity contribution in [2.24, 2.45) is 0 Å². The highest BCUT2D eigenvalue weighted by molar-refractivity contribution is 5.40. The number of halogens is 3. The zero-order chi connectivity index (χ0) is 14.6. The zero-order valence-corrected chi connectivity index (χ0v) is 11.1. The number of aliphatic hydroxyl groups excluding tert-OH is 1. The fourth-order valence-electron chi connectivity index (χ4n) is 2.31. The second-order valence-electron chi connectivity index (χ2n) is 4.81. The van der Waals surface area contributed by atoms with Crippen molar-refractivity contribution >= 4 is 5.82 Å². The topological polar surface area (TPSA) is 39.6 Å². The quantitative estimate of drug-likeness (QED) is 0.917. The normalized spacial score (nSPS) is 18.1. The first kappa shape index (κ1) is 15.1. The van der Waals surface area contributed by atoms with Gasteiger partial charge in [0.2, 0.25) is 0 Å². The number of aromatic nitrogens is 1. The van der Waals surface area contributed by atoms with E-state index < -0.39 is 11.7 Å². The summed E-state index contributed by atoms with van der Waals surface area (Å²) in [7, 11) is 0. The molecule has 0 amide bonds. The Hall–Kier alpha value is -1.34. The van der Waals surface area contributed by atoms with E-state index in [0.29, 0.717) is 18.9 Å². The SMILES string of the molecule is OCCN1CCCN(c2ccc(C(F)(F)F)cn2)CC1. The summed E-state index contributed by atoms with van der Waals surface area (Å²) in [5.74, 6) is 0.573. The third-order valence-corrected chi connectivity index (χ3v) is 3.40. The van der Waals surface area contributed by atoms with Crippen LogP contribution in [0.25, 0.3) is 0 Å². The number of aliphatic hydroxyl groups is 1. The zero-order valence-electron chi connectivity index (χ0n) is 11.1. The number of nitrogens with zero attached hydrogens (tertiary/aromatic N) is 3. The molecule has 2 heterocycles. The molecule has 1 aliphatic heterocycles. The van der Waals surface area contributed by atoms with Gasteiger partial charge in [-0.3, -0.25) is 4.90 Å². The molecule has 1 N–H and O–H groups in total. The van der Waals surface area contributed by atoms with Gasteiger partial charge in [0.15, 0.2) is 0 Å². The highest BCUT2D eigenvalue weighted by atomic mass is 19.4. The number of alkyl halides is 3. The first-order chi connectivity index (χ1) is 9.50. The summed E-state index contributed by atoms with van der Waals surface area (Å²) < 4.78 is 37.4. The molecule has 20 heavy (non-hydrogen) atoms. The second-order valence-corrected chi connectivity index (χ2v) is 4.81. The Morgan fingerprint density at radius 2 is 1.95 bits per heavy atom. The van der Waals surface area contributed by atoms with Crippen LogP contribution < -0.4 is 4.90 Å². The molecule has 1 fully saturated rings. The van der Waals surface area contributed by atoms with Crippen molar-refractivity contribution < 1.29 is 18.3 Å². The molecule has 1 aliphatic rings. The van der Waals surface area contributed by atoms with Crippen LogP contribution in [0.15, 0.2) is 18.3 Å². The average Bonchev–Trinajstić information content (AvgIpc) is 2.64. The van der Waals surface area contributed by atoms with Crippen LogP contribution >= 0.6 is 0 Å². The largest absolute Gasteiger partial charge is 0.417 e. The molecule has 1 aromatic heterocycles. The molecule has 0 unspecified atom stereocenters. The summed E-state index contributed by atoms with van der Waals surface area (Å²) in [6, 6.07) is 2.49. The second kappa shape index (κ2) is 6.41. The van der Waals surface area contributed by atoms with Crippen LogP contribution in [0.1, 0.15) is 12.0 Å². The van der Waals surface area contributed by atoms with Crippen molar-refractivity contribution in [1.29, 1.82) is 0 Å². The van der Waals surface area contributed by atoms with E-state index in [0.717, 1.165) is 38.3 Å². The fraction of sp³-hybridized carbons (Fsp3) is 0.615. The Balaban J connectivity index is 2.01. The molecule has 0 bridgehead atoms. The first-order valence-electron chi connectivity index (χ1n) is 6.62. The Bertz CT molecular complexity index is 422. The van der Waals surface area contributed by atoms with Crippen molar-refractivity contribution in [3.05, 3.63) is 23.9 Å². The maximum Gasteiger partial charge on any atom is 0.417 e. The Kier molecular flexibility index (Phi) is 4.82. The summed E-state index contributed by atoms with van der Waals surface area (Å²) in [5, 5.41) is 8.93. The molecule has 4 nitrogen and oxygen atoms in total. The monoisotopic (exact) mass is 289 g/mol. The molecule has 0 saturated carbocycles. The van der Waals surface area contributed by atoms with Crippen LogP contribution in [0.5, 0.6) is 0 Å². The van der Waals surface area contributed by atoms with Crippen LogP contribution in [0.2, 0.25) is 0 Å². The van der Waals surface area contributed by atoms with E-state index in [1.165, 1.54) is 6.07 Å². The number of rotatable bonds is 3. The summed E-state index contributed by atoms with van der Waals surface area (Å²) >= 11 is 0. The van der Waals surface area contributed by atoms with Gasteiger partial charge >= 0.3 is 6.18 Å². The molecule has 7 heteroatoms. The number of anilines is 1. The van der Waals surface area contributed by atoms with Gasteiger partial charge in [0.1, 0.15) is 5.82 Å². The van der Waals surface area contributed by atoms with Gasteiger partial charge in [0, 0.05) is 32.4 Å². The van der Waals surface area contributed by atoms with Crippen molar-refractivity contribution in [2.75, 3.05) is 44.2 Å². The van der Waals surface area contributed by atoms with E-state index in [1.807, 2.05) is 4.90 Å². The van der Waals surface area contributed by atoms with Crippen molar-refractivity contribution in [1.82, 2.24) is 9.88 Å². The van der Waals surface area contributed by atoms with E-state index >= 15 is 0 Å². The highest BCUT2D eigenvalue weighted by Gasteiger charge is 2.30. The van der Waals surface area contributed by atoms with Gasteiger partial charge in [-0.15, -0.1) is 0 Å². The number of β-amino-alcohol motifs (C(OH)–C–C–N with tert-alkyl or cyclic N) is 1. The predicted octanol–water partition coefficient (Wildman–Crippen LogP) is 1.60. The minimum absolute atomic E-state index is 0.124. The maximum absolute atomic E-state index is 12.5. The van der Waals surface area contributed by atoms with Gasteiger partial charge in [-0.25, -0.2) is 4.98 Å². The number of pyridine rings is 1. The lowest BCUT2D eigenvalue weighted by Gasteiger charge is -2.22.